The zero-order valence-corrected chi connectivity index (χ0v) is 13.3. The summed E-state index contributed by atoms with van der Waals surface area (Å²) in [7, 11) is 4.00. The van der Waals surface area contributed by atoms with E-state index in [4.69, 9.17) is 9.47 Å². The molecule has 0 aromatic heterocycles. The molecule has 4 nitrogen and oxygen atoms in total. The molecule has 2 rings (SSSR count). The number of hydrogen-bond donors (Lipinski definition) is 0. The first-order valence-electron chi connectivity index (χ1n) is 7.72. The van der Waals surface area contributed by atoms with Gasteiger partial charge in [-0.1, -0.05) is 0 Å². The molecule has 0 atom stereocenters. The number of carbonyl (C=O) groups is 1. The largest absolute Gasteiger partial charge is 0.491 e. The molecule has 0 saturated heterocycles. The summed E-state index contributed by atoms with van der Waals surface area (Å²) in [6, 6.07) is 4.01. The summed E-state index contributed by atoms with van der Waals surface area (Å²) in [5, 5.41) is 0. The molecule has 116 valence electrons. The van der Waals surface area contributed by atoms with E-state index in [1.165, 1.54) is 24.0 Å². The third-order valence-electron chi connectivity index (χ3n) is 3.74. The topological polar surface area (TPSA) is 38.8 Å². The first-order chi connectivity index (χ1) is 10.1. The number of ether oxygens (including phenoxy) is 2. The zero-order valence-electron chi connectivity index (χ0n) is 13.3. The van der Waals surface area contributed by atoms with Gasteiger partial charge in [-0.25, -0.2) is 4.79 Å². The van der Waals surface area contributed by atoms with Crippen molar-refractivity contribution >= 4 is 5.97 Å². The second-order valence-electron chi connectivity index (χ2n) is 5.70. The van der Waals surface area contributed by atoms with Crippen LogP contribution in [-0.4, -0.2) is 44.7 Å². The highest BCUT2D eigenvalue weighted by Crippen LogP contribution is 2.29. The maximum Gasteiger partial charge on any atom is 0.341 e. The lowest BCUT2D eigenvalue weighted by molar-refractivity contribution is 0.0521. The van der Waals surface area contributed by atoms with E-state index in [2.05, 4.69) is 4.90 Å². The number of fused-ring (bicyclic) bond motifs is 1. The van der Waals surface area contributed by atoms with Gasteiger partial charge in [0.15, 0.2) is 0 Å². The molecule has 21 heavy (non-hydrogen) atoms. The fourth-order valence-corrected chi connectivity index (χ4v) is 2.59. The van der Waals surface area contributed by atoms with Crippen molar-refractivity contribution in [1.29, 1.82) is 0 Å². The van der Waals surface area contributed by atoms with Crippen molar-refractivity contribution in [3.05, 3.63) is 28.8 Å². The molecular formula is C17H25NO3. The maximum absolute atomic E-state index is 12.1. The van der Waals surface area contributed by atoms with Crippen LogP contribution in [0, 0.1) is 0 Å². The Morgan fingerprint density at radius 1 is 1.19 bits per heavy atom. The summed E-state index contributed by atoms with van der Waals surface area (Å²) in [4.78, 5) is 14.2. The predicted octanol–water partition coefficient (Wildman–Crippen LogP) is 2.68. The number of hydrogen-bond acceptors (Lipinski definition) is 4. The second-order valence-corrected chi connectivity index (χ2v) is 5.70. The highest BCUT2D eigenvalue weighted by molar-refractivity contribution is 5.93. The number of likely N-dealkylation sites (N-methyl/N-ethyl adjacent to an activating group) is 1. The van der Waals surface area contributed by atoms with Gasteiger partial charge in [0.25, 0.3) is 0 Å². The zero-order chi connectivity index (χ0) is 15.2. The Hall–Kier alpha value is -1.55. The van der Waals surface area contributed by atoms with E-state index >= 15 is 0 Å². The first-order valence-corrected chi connectivity index (χ1v) is 7.72. The molecule has 1 aromatic carbocycles. The van der Waals surface area contributed by atoms with Crippen LogP contribution in [0.3, 0.4) is 0 Å². The lowest BCUT2D eigenvalue weighted by Gasteiger charge is -2.20. The normalized spacial score (nSPS) is 13.9. The summed E-state index contributed by atoms with van der Waals surface area (Å²) in [6.07, 6.45) is 4.52. The van der Waals surface area contributed by atoms with Gasteiger partial charge in [-0.05, 0) is 70.0 Å². The summed E-state index contributed by atoms with van der Waals surface area (Å²) in [6.45, 7) is 3.59. The van der Waals surface area contributed by atoms with Gasteiger partial charge in [0.1, 0.15) is 17.9 Å². The van der Waals surface area contributed by atoms with Crippen molar-refractivity contribution in [3.8, 4) is 5.75 Å². The summed E-state index contributed by atoms with van der Waals surface area (Å²) < 4.78 is 11.0. The quantitative estimate of drug-likeness (QED) is 0.755. The van der Waals surface area contributed by atoms with Crippen LogP contribution in [0.15, 0.2) is 12.1 Å². The summed E-state index contributed by atoms with van der Waals surface area (Å²) in [5.74, 6) is 0.377. The fourth-order valence-electron chi connectivity index (χ4n) is 2.59. The lowest BCUT2D eigenvalue weighted by Crippen LogP contribution is -2.20. The van der Waals surface area contributed by atoms with Gasteiger partial charge >= 0.3 is 5.97 Å². The fraction of sp³-hybridized carbons (Fsp3) is 0.588. The molecule has 0 heterocycles. The monoisotopic (exact) mass is 291 g/mol. The number of carbonyl (C=O) groups excluding carboxylic acids is 1. The molecule has 0 unspecified atom stereocenters. The molecule has 0 fully saturated rings. The minimum atomic E-state index is -0.286. The van der Waals surface area contributed by atoms with Crippen molar-refractivity contribution in [3.63, 3.8) is 0 Å². The molecule has 4 heteroatoms. The third kappa shape index (κ3) is 4.21. The average molecular weight is 291 g/mol. The lowest BCUT2D eigenvalue weighted by atomic mass is 9.90. The Morgan fingerprint density at radius 2 is 1.86 bits per heavy atom. The predicted molar refractivity (Wildman–Crippen MR) is 83.1 cm³/mol. The van der Waals surface area contributed by atoms with Crippen LogP contribution in [0.25, 0.3) is 0 Å². The van der Waals surface area contributed by atoms with Crippen LogP contribution in [-0.2, 0) is 17.6 Å². The van der Waals surface area contributed by atoms with Crippen molar-refractivity contribution in [1.82, 2.24) is 4.90 Å². The second kappa shape index (κ2) is 7.46. The van der Waals surface area contributed by atoms with Gasteiger partial charge in [0, 0.05) is 6.54 Å². The molecular weight excluding hydrogens is 266 g/mol. The number of esters is 1. The number of rotatable bonds is 6. The van der Waals surface area contributed by atoms with Gasteiger partial charge < -0.3 is 14.4 Å². The first kappa shape index (κ1) is 15.8. The van der Waals surface area contributed by atoms with Gasteiger partial charge in [-0.2, -0.15) is 0 Å². The summed E-state index contributed by atoms with van der Waals surface area (Å²) in [5.41, 5.74) is 3.15. The van der Waals surface area contributed by atoms with E-state index in [1.807, 2.05) is 33.2 Å². The minimum Gasteiger partial charge on any atom is -0.491 e. The Morgan fingerprint density at radius 3 is 2.48 bits per heavy atom. The van der Waals surface area contributed by atoms with E-state index in [0.717, 1.165) is 19.4 Å². The van der Waals surface area contributed by atoms with E-state index in [1.54, 1.807) is 0 Å². The highest BCUT2D eigenvalue weighted by atomic mass is 16.5. The van der Waals surface area contributed by atoms with Crippen LogP contribution in [0.4, 0.5) is 0 Å². The smallest absolute Gasteiger partial charge is 0.341 e. The molecule has 0 radical (unpaired) electrons. The van der Waals surface area contributed by atoms with Crippen LogP contribution in [0.2, 0.25) is 0 Å². The number of benzene rings is 1. The Kier molecular flexibility index (Phi) is 5.62. The molecule has 0 amide bonds. The van der Waals surface area contributed by atoms with Crippen LogP contribution < -0.4 is 4.74 Å². The number of nitrogens with zero attached hydrogens (tertiary/aromatic N) is 1. The van der Waals surface area contributed by atoms with E-state index in [0.29, 0.717) is 24.5 Å². The summed E-state index contributed by atoms with van der Waals surface area (Å²) >= 11 is 0. The van der Waals surface area contributed by atoms with Crippen molar-refractivity contribution in [2.45, 2.75) is 32.6 Å². The maximum atomic E-state index is 12.1. The van der Waals surface area contributed by atoms with Gasteiger partial charge in [0.05, 0.1) is 6.61 Å². The minimum absolute atomic E-state index is 0.286. The Bertz CT molecular complexity index is 497. The van der Waals surface area contributed by atoms with E-state index < -0.39 is 0 Å². The average Bonchev–Trinajstić information content (AvgIpc) is 2.46. The highest BCUT2D eigenvalue weighted by Gasteiger charge is 2.19. The molecule has 0 bridgehead atoms. The van der Waals surface area contributed by atoms with Crippen molar-refractivity contribution in [2.24, 2.45) is 0 Å². The molecule has 0 spiro atoms. The van der Waals surface area contributed by atoms with Gasteiger partial charge in [-0.3, -0.25) is 0 Å². The molecule has 1 aliphatic carbocycles. The van der Waals surface area contributed by atoms with Crippen LogP contribution in [0.5, 0.6) is 5.75 Å². The number of aryl methyl sites for hydroxylation is 2. The van der Waals surface area contributed by atoms with Crippen molar-refractivity contribution in [2.75, 3.05) is 33.9 Å². The van der Waals surface area contributed by atoms with E-state index in [-0.39, 0.29) is 5.97 Å². The van der Waals surface area contributed by atoms with Gasteiger partial charge in [-0.15, -0.1) is 0 Å². The van der Waals surface area contributed by atoms with Crippen molar-refractivity contribution < 1.29 is 14.3 Å². The van der Waals surface area contributed by atoms with Crippen LogP contribution >= 0.6 is 0 Å². The third-order valence-corrected chi connectivity index (χ3v) is 3.74. The molecule has 0 N–H and O–H groups in total. The Balaban J connectivity index is 2.23. The standard InChI is InChI=1S/C17H25NO3/c1-4-20-17(19)15-11-13-7-5-6-8-14(13)12-16(15)21-10-9-18(2)3/h11-12H,4-10H2,1-3H3. The SMILES string of the molecule is CCOC(=O)c1cc2c(cc1OCCN(C)C)CCCC2. The molecule has 1 aromatic rings. The molecule has 0 aliphatic heterocycles. The van der Waals surface area contributed by atoms with E-state index in [9.17, 15) is 4.79 Å². The molecule has 1 aliphatic rings. The van der Waals surface area contributed by atoms with Crippen LogP contribution in [0.1, 0.15) is 41.3 Å². The van der Waals surface area contributed by atoms with Gasteiger partial charge in [0.2, 0.25) is 0 Å². The molecule has 0 saturated carbocycles. The Labute approximate surface area is 127 Å².